The molecule has 0 aliphatic heterocycles. The number of nitrogens with one attached hydrogen (secondary N) is 1. The summed E-state index contributed by atoms with van der Waals surface area (Å²) in [6, 6.07) is 7.45. The zero-order chi connectivity index (χ0) is 15.4. The summed E-state index contributed by atoms with van der Waals surface area (Å²) in [4.78, 5) is 0. The summed E-state index contributed by atoms with van der Waals surface area (Å²) in [5.74, 6) is -0.0275. The molecule has 114 valence electrons. The van der Waals surface area contributed by atoms with E-state index >= 15 is 0 Å². The maximum atomic E-state index is 11.9. The molecule has 4 nitrogen and oxygen atoms in total. The number of aliphatic hydroxyl groups is 1. The Kier molecular flexibility index (Phi) is 5.74. The Morgan fingerprint density at radius 2 is 1.95 bits per heavy atom. The van der Waals surface area contributed by atoms with Gasteiger partial charge in [-0.15, -0.1) is 0 Å². The van der Waals surface area contributed by atoms with Gasteiger partial charge in [-0.25, -0.2) is 13.1 Å². The summed E-state index contributed by atoms with van der Waals surface area (Å²) in [5, 5.41) is 9.87. The number of benzene rings is 1. The van der Waals surface area contributed by atoms with E-state index < -0.39 is 16.1 Å². The number of aryl methyl sites for hydroxylation is 1. The number of aliphatic hydroxyl groups excluding tert-OH is 1. The van der Waals surface area contributed by atoms with Crippen molar-refractivity contribution >= 4 is 10.0 Å². The van der Waals surface area contributed by atoms with Gasteiger partial charge >= 0.3 is 0 Å². The number of sulfonamides is 1. The second kappa shape index (κ2) is 6.70. The van der Waals surface area contributed by atoms with Gasteiger partial charge in [-0.05, 0) is 24.3 Å². The third-order valence-corrected chi connectivity index (χ3v) is 4.54. The van der Waals surface area contributed by atoms with E-state index in [1.165, 1.54) is 0 Å². The summed E-state index contributed by atoms with van der Waals surface area (Å²) < 4.78 is 26.4. The summed E-state index contributed by atoms with van der Waals surface area (Å²) in [6.45, 7) is 7.98. The minimum absolute atomic E-state index is 0.0275. The molecule has 1 aromatic rings. The molecular formula is C15H25NO3S. The largest absolute Gasteiger partial charge is 0.393 e. The van der Waals surface area contributed by atoms with Gasteiger partial charge in [0.1, 0.15) is 0 Å². The van der Waals surface area contributed by atoms with E-state index in [9.17, 15) is 13.5 Å². The Balaban J connectivity index is 2.51. The van der Waals surface area contributed by atoms with Crippen molar-refractivity contribution in [3.05, 3.63) is 35.4 Å². The average molecular weight is 299 g/mol. The summed E-state index contributed by atoms with van der Waals surface area (Å²) in [6.07, 6.45) is -0.111. The van der Waals surface area contributed by atoms with E-state index in [-0.39, 0.29) is 17.7 Å². The maximum absolute atomic E-state index is 11.9. The van der Waals surface area contributed by atoms with Gasteiger partial charge in [-0.2, -0.15) is 0 Å². The fraction of sp³-hybridized carbons (Fsp3) is 0.600. The molecule has 1 rings (SSSR count). The molecule has 0 aromatic heterocycles. The molecule has 0 saturated heterocycles. The van der Waals surface area contributed by atoms with Gasteiger partial charge in [-0.3, -0.25) is 0 Å². The van der Waals surface area contributed by atoms with Gasteiger partial charge in [0.15, 0.2) is 0 Å². The SMILES string of the molecule is Cc1cccc(CS(=O)(=O)NCC[C@H](O)C(C)(C)C)c1. The van der Waals surface area contributed by atoms with Crippen LogP contribution in [0.5, 0.6) is 0 Å². The maximum Gasteiger partial charge on any atom is 0.215 e. The third-order valence-electron chi connectivity index (χ3n) is 3.18. The number of hydrogen-bond acceptors (Lipinski definition) is 3. The molecular weight excluding hydrogens is 274 g/mol. The van der Waals surface area contributed by atoms with Crippen LogP contribution in [0.4, 0.5) is 0 Å². The first-order chi connectivity index (χ1) is 9.10. The highest BCUT2D eigenvalue weighted by atomic mass is 32.2. The molecule has 0 bridgehead atoms. The van der Waals surface area contributed by atoms with Gasteiger partial charge in [-0.1, -0.05) is 50.6 Å². The second-order valence-corrected chi connectivity index (χ2v) is 8.12. The smallest absolute Gasteiger partial charge is 0.215 e. The Bertz CT molecular complexity index is 532. The summed E-state index contributed by atoms with van der Waals surface area (Å²) in [5.41, 5.74) is 1.58. The first kappa shape index (κ1) is 17.1. The van der Waals surface area contributed by atoms with E-state index in [1.54, 1.807) is 6.07 Å². The zero-order valence-corrected chi connectivity index (χ0v) is 13.5. The second-order valence-electron chi connectivity index (χ2n) is 6.31. The Hall–Kier alpha value is -0.910. The molecule has 0 amide bonds. The van der Waals surface area contributed by atoms with E-state index in [4.69, 9.17) is 0 Å². The standard InChI is InChI=1S/C15H25NO3S/c1-12-6-5-7-13(10-12)11-20(18,19)16-9-8-14(17)15(2,3)4/h5-7,10,14,16-17H,8-9,11H2,1-4H3/t14-/m0/s1. The molecule has 20 heavy (non-hydrogen) atoms. The molecule has 0 heterocycles. The minimum Gasteiger partial charge on any atom is -0.393 e. The first-order valence-corrected chi connectivity index (χ1v) is 8.46. The van der Waals surface area contributed by atoms with Gasteiger partial charge in [0, 0.05) is 6.54 Å². The van der Waals surface area contributed by atoms with Crippen LogP contribution in [-0.4, -0.2) is 26.2 Å². The molecule has 0 saturated carbocycles. The lowest BCUT2D eigenvalue weighted by atomic mass is 9.87. The fourth-order valence-corrected chi connectivity index (χ4v) is 3.01. The van der Waals surface area contributed by atoms with Gasteiger partial charge < -0.3 is 5.11 Å². The normalized spacial score (nSPS) is 14.2. The van der Waals surface area contributed by atoms with E-state index in [1.807, 2.05) is 45.9 Å². The quantitative estimate of drug-likeness (QED) is 0.846. The summed E-state index contributed by atoms with van der Waals surface area (Å²) >= 11 is 0. The monoisotopic (exact) mass is 299 g/mol. The lowest BCUT2D eigenvalue weighted by Gasteiger charge is -2.25. The molecule has 1 aromatic carbocycles. The predicted octanol–water partition coefficient (Wildman–Crippen LogP) is 2.21. The van der Waals surface area contributed by atoms with Crippen LogP contribution in [0.15, 0.2) is 24.3 Å². The molecule has 2 N–H and O–H groups in total. The number of hydrogen-bond donors (Lipinski definition) is 2. The molecule has 0 aliphatic rings. The molecule has 5 heteroatoms. The van der Waals surface area contributed by atoms with Gasteiger partial charge in [0.05, 0.1) is 11.9 Å². The van der Waals surface area contributed by atoms with Crippen LogP contribution in [0.3, 0.4) is 0 Å². The molecule has 0 unspecified atom stereocenters. The lowest BCUT2D eigenvalue weighted by Crippen LogP contribution is -2.33. The van der Waals surface area contributed by atoms with Crippen LogP contribution in [0, 0.1) is 12.3 Å². The van der Waals surface area contributed by atoms with Crippen molar-refractivity contribution < 1.29 is 13.5 Å². The van der Waals surface area contributed by atoms with Crippen LogP contribution in [0.2, 0.25) is 0 Å². The highest BCUT2D eigenvalue weighted by Crippen LogP contribution is 2.21. The van der Waals surface area contributed by atoms with Crippen LogP contribution < -0.4 is 4.72 Å². The fourth-order valence-electron chi connectivity index (χ4n) is 1.86. The van der Waals surface area contributed by atoms with Gasteiger partial charge in [0.25, 0.3) is 0 Å². The Morgan fingerprint density at radius 3 is 2.50 bits per heavy atom. The third kappa shape index (κ3) is 6.03. The average Bonchev–Trinajstić information content (AvgIpc) is 2.26. The number of rotatable bonds is 6. The highest BCUT2D eigenvalue weighted by Gasteiger charge is 2.22. The van der Waals surface area contributed by atoms with Crippen molar-refractivity contribution in [1.29, 1.82) is 0 Å². The van der Waals surface area contributed by atoms with Crippen molar-refractivity contribution in [1.82, 2.24) is 4.72 Å². The van der Waals surface area contributed by atoms with Crippen molar-refractivity contribution in [2.45, 2.75) is 46.0 Å². The molecule has 0 spiro atoms. The Morgan fingerprint density at radius 1 is 1.30 bits per heavy atom. The van der Waals surface area contributed by atoms with Crippen LogP contribution in [-0.2, 0) is 15.8 Å². The van der Waals surface area contributed by atoms with E-state index in [2.05, 4.69) is 4.72 Å². The van der Waals surface area contributed by atoms with Crippen molar-refractivity contribution in [2.75, 3.05) is 6.54 Å². The van der Waals surface area contributed by atoms with Crippen molar-refractivity contribution in [2.24, 2.45) is 5.41 Å². The highest BCUT2D eigenvalue weighted by molar-refractivity contribution is 7.88. The molecule has 0 fully saturated rings. The molecule has 0 radical (unpaired) electrons. The summed E-state index contributed by atoms with van der Waals surface area (Å²) in [7, 11) is -3.35. The van der Waals surface area contributed by atoms with Crippen LogP contribution >= 0.6 is 0 Å². The first-order valence-electron chi connectivity index (χ1n) is 6.81. The van der Waals surface area contributed by atoms with Crippen LogP contribution in [0.1, 0.15) is 38.3 Å². The van der Waals surface area contributed by atoms with Crippen molar-refractivity contribution in [3.8, 4) is 0 Å². The zero-order valence-electron chi connectivity index (χ0n) is 12.7. The predicted molar refractivity (Wildman–Crippen MR) is 81.9 cm³/mol. The minimum atomic E-state index is -3.35. The molecule has 0 aliphatic carbocycles. The van der Waals surface area contributed by atoms with Crippen molar-refractivity contribution in [3.63, 3.8) is 0 Å². The van der Waals surface area contributed by atoms with Gasteiger partial charge in [0.2, 0.25) is 10.0 Å². The van der Waals surface area contributed by atoms with E-state index in [0.717, 1.165) is 11.1 Å². The van der Waals surface area contributed by atoms with E-state index in [0.29, 0.717) is 6.42 Å². The molecule has 1 atom stereocenters. The topological polar surface area (TPSA) is 66.4 Å². The Labute approximate surface area is 122 Å². The lowest BCUT2D eigenvalue weighted by molar-refractivity contribution is 0.0571. The van der Waals surface area contributed by atoms with Crippen LogP contribution in [0.25, 0.3) is 0 Å².